The Morgan fingerprint density at radius 1 is 0.861 bits per heavy atom. The van der Waals surface area contributed by atoms with Crippen molar-refractivity contribution in [3.8, 4) is 11.5 Å². The van der Waals surface area contributed by atoms with Gasteiger partial charge in [-0.15, -0.1) is 0 Å². The third-order valence-corrected chi connectivity index (χ3v) is 6.88. The molecule has 1 fully saturated rings. The smallest absolute Gasteiger partial charge is 0.266 e. The molecule has 3 aromatic rings. The Balaban J connectivity index is 1.22. The second-order valence-electron chi connectivity index (χ2n) is 8.99. The van der Waals surface area contributed by atoms with Crippen molar-refractivity contribution in [1.29, 1.82) is 0 Å². The van der Waals surface area contributed by atoms with Crippen LogP contribution >= 0.6 is 0 Å². The Morgan fingerprint density at radius 3 is 2.06 bits per heavy atom. The van der Waals surface area contributed by atoms with Gasteiger partial charge in [0.15, 0.2) is 11.5 Å². The fourth-order valence-electron chi connectivity index (χ4n) is 4.98. The number of rotatable bonds is 7. The van der Waals surface area contributed by atoms with Crippen molar-refractivity contribution in [1.82, 2.24) is 9.80 Å². The van der Waals surface area contributed by atoms with Gasteiger partial charge in [0, 0.05) is 38.2 Å². The fraction of sp³-hybridized carbons (Fsp3) is 0.310. The molecule has 0 saturated carbocycles. The van der Waals surface area contributed by atoms with Crippen LogP contribution in [0.1, 0.15) is 29.2 Å². The maximum Gasteiger partial charge on any atom is 0.266 e. The molecule has 7 heteroatoms. The van der Waals surface area contributed by atoms with Crippen molar-refractivity contribution < 1.29 is 19.1 Å². The van der Waals surface area contributed by atoms with Crippen LogP contribution in [0.5, 0.6) is 11.5 Å². The van der Waals surface area contributed by atoms with Crippen molar-refractivity contribution in [2.75, 3.05) is 40.4 Å². The highest BCUT2D eigenvalue weighted by atomic mass is 16.6. The zero-order valence-corrected chi connectivity index (χ0v) is 20.7. The Hall–Kier alpha value is -3.84. The number of benzene rings is 3. The maximum absolute atomic E-state index is 13.3. The summed E-state index contributed by atoms with van der Waals surface area (Å²) in [6, 6.07) is 26.9. The molecular weight excluding hydrogens is 454 g/mol. The van der Waals surface area contributed by atoms with E-state index in [2.05, 4.69) is 58.6 Å². The van der Waals surface area contributed by atoms with Gasteiger partial charge >= 0.3 is 0 Å². The first-order chi connectivity index (χ1) is 17.7. The molecule has 0 aromatic heterocycles. The summed E-state index contributed by atoms with van der Waals surface area (Å²) in [4.78, 5) is 23.2. The second kappa shape index (κ2) is 10.8. The first kappa shape index (κ1) is 23.9. The Bertz CT molecular complexity index is 1170. The van der Waals surface area contributed by atoms with Crippen molar-refractivity contribution in [2.45, 2.75) is 18.6 Å². The van der Waals surface area contributed by atoms with Crippen LogP contribution in [0.25, 0.3) is 0 Å². The quantitative estimate of drug-likeness (QED) is 0.504. The van der Waals surface area contributed by atoms with Gasteiger partial charge in [0.1, 0.15) is 0 Å². The molecular formula is C29H31N3O4. The van der Waals surface area contributed by atoms with Gasteiger partial charge in [-0.25, -0.2) is 0 Å². The van der Waals surface area contributed by atoms with Gasteiger partial charge in [0.2, 0.25) is 6.10 Å². The molecule has 0 spiro atoms. The first-order valence-corrected chi connectivity index (χ1v) is 12.3. The zero-order valence-electron chi connectivity index (χ0n) is 20.7. The lowest BCUT2D eigenvalue weighted by molar-refractivity contribution is -0.144. The van der Waals surface area contributed by atoms with Crippen molar-refractivity contribution in [2.24, 2.45) is 5.16 Å². The van der Waals surface area contributed by atoms with Crippen LogP contribution in [-0.2, 0) is 9.63 Å². The van der Waals surface area contributed by atoms with E-state index in [1.165, 1.54) is 11.1 Å². The minimum Gasteiger partial charge on any atom is -0.493 e. The van der Waals surface area contributed by atoms with Crippen LogP contribution in [0, 0.1) is 0 Å². The topological polar surface area (TPSA) is 63.6 Å². The SMILES string of the molecule is COc1ccc(C2=NOC(C(=O)N3CCN(C(c4ccccc4)c4ccccc4)CC3)C2)cc1OC. The van der Waals surface area contributed by atoms with E-state index in [0.29, 0.717) is 31.0 Å². The number of amides is 1. The summed E-state index contributed by atoms with van der Waals surface area (Å²) >= 11 is 0. The molecule has 1 atom stereocenters. The highest BCUT2D eigenvalue weighted by Crippen LogP contribution is 2.31. The third-order valence-electron chi connectivity index (χ3n) is 6.88. The highest BCUT2D eigenvalue weighted by Gasteiger charge is 2.35. The molecule has 3 aromatic carbocycles. The molecule has 7 nitrogen and oxygen atoms in total. The number of oxime groups is 1. The Labute approximate surface area is 211 Å². The number of carbonyl (C=O) groups is 1. The largest absolute Gasteiger partial charge is 0.493 e. The Kier molecular flexibility index (Phi) is 7.18. The summed E-state index contributed by atoms with van der Waals surface area (Å²) in [7, 11) is 3.20. The van der Waals surface area contributed by atoms with Crippen molar-refractivity contribution in [3.05, 3.63) is 95.6 Å². The molecule has 1 unspecified atom stereocenters. The van der Waals surface area contributed by atoms with Gasteiger partial charge < -0.3 is 19.2 Å². The molecule has 0 bridgehead atoms. The van der Waals surface area contributed by atoms with Gasteiger partial charge in [-0.2, -0.15) is 0 Å². The molecule has 0 radical (unpaired) electrons. The van der Waals surface area contributed by atoms with Gasteiger partial charge in [-0.3, -0.25) is 9.69 Å². The molecule has 2 aliphatic heterocycles. The maximum atomic E-state index is 13.3. The number of carbonyl (C=O) groups excluding carboxylic acids is 1. The van der Waals surface area contributed by atoms with E-state index in [1.807, 2.05) is 35.2 Å². The van der Waals surface area contributed by atoms with Crippen LogP contribution in [0.15, 0.2) is 84.0 Å². The number of hydrogen-bond acceptors (Lipinski definition) is 6. The van der Waals surface area contributed by atoms with E-state index in [0.717, 1.165) is 24.4 Å². The third kappa shape index (κ3) is 4.93. The van der Waals surface area contributed by atoms with E-state index in [1.54, 1.807) is 14.2 Å². The number of piperazine rings is 1. The summed E-state index contributed by atoms with van der Waals surface area (Å²) in [6.45, 7) is 2.88. The van der Waals surface area contributed by atoms with Crippen LogP contribution in [0.3, 0.4) is 0 Å². The molecule has 5 rings (SSSR count). The number of ether oxygens (including phenoxy) is 2. The second-order valence-corrected chi connectivity index (χ2v) is 8.99. The molecule has 2 heterocycles. The highest BCUT2D eigenvalue weighted by molar-refractivity contribution is 6.04. The molecule has 36 heavy (non-hydrogen) atoms. The van der Waals surface area contributed by atoms with E-state index in [-0.39, 0.29) is 11.9 Å². The normalized spacial score (nSPS) is 18.0. The molecule has 1 amide bonds. The molecule has 0 N–H and O–H groups in total. The lowest BCUT2D eigenvalue weighted by Crippen LogP contribution is -2.52. The molecule has 1 saturated heterocycles. The lowest BCUT2D eigenvalue weighted by Gasteiger charge is -2.40. The predicted octanol–water partition coefficient (Wildman–Crippen LogP) is 4.13. The average molecular weight is 486 g/mol. The summed E-state index contributed by atoms with van der Waals surface area (Å²) in [6.07, 6.45) is -0.163. The summed E-state index contributed by atoms with van der Waals surface area (Å²) in [5, 5.41) is 4.22. The van der Waals surface area contributed by atoms with Crippen LogP contribution in [0.4, 0.5) is 0 Å². The molecule has 0 aliphatic carbocycles. The standard InChI is InChI=1S/C29H31N3O4/c1-34-25-14-13-23(19-26(25)35-2)24-20-27(36-30-24)29(33)32-17-15-31(16-18-32)28(21-9-5-3-6-10-21)22-11-7-4-8-12-22/h3-14,19,27-28H,15-18,20H2,1-2H3. The van der Waals surface area contributed by atoms with Crippen LogP contribution in [0.2, 0.25) is 0 Å². The minimum absolute atomic E-state index is 0.00940. The van der Waals surface area contributed by atoms with Gasteiger partial charge in [-0.05, 0) is 29.3 Å². The van der Waals surface area contributed by atoms with E-state index < -0.39 is 6.10 Å². The minimum atomic E-state index is -0.598. The van der Waals surface area contributed by atoms with E-state index in [9.17, 15) is 4.79 Å². The summed E-state index contributed by atoms with van der Waals surface area (Å²) < 4.78 is 10.7. The summed E-state index contributed by atoms with van der Waals surface area (Å²) in [5.74, 6) is 1.26. The van der Waals surface area contributed by atoms with Gasteiger partial charge in [-0.1, -0.05) is 65.8 Å². The van der Waals surface area contributed by atoms with E-state index >= 15 is 0 Å². The lowest BCUT2D eigenvalue weighted by atomic mass is 9.96. The fourth-order valence-corrected chi connectivity index (χ4v) is 4.98. The number of hydrogen-bond donors (Lipinski definition) is 0. The van der Waals surface area contributed by atoms with Crippen molar-refractivity contribution in [3.63, 3.8) is 0 Å². The van der Waals surface area contributed by atoms with Gasteiger partial charge in [0.05, 0.1) is 26.0 Å². The van der Waals surface area contributed by atoms with Gasteiger partial charge in [0.25, 0.3) is 5.91 Å². The van der Waals surface area contributed by atoms with Crippen LogP contribution < -0.4 is 9.47 Å². The summed E-state index contributed by atoms with van der Waals surface area (Å²) in [5.41, 5.74) is 4.12. The number of methoxy groups -OCH3 is 2. The first-order valence-electron chi connectivity index (χ1n) is 12.3. The van der Waals surface area contributed by atoms with Crippen molar-refractivity contribution >= 4 is 11.6 Å². The predicted molar refractivity (Wildman–Crippen MR) is 138 cm³/mol. The zero-order chi connectivity index (χ0) is 24.9. The number of nitrogens with zero attached hydrogens (tertiary/aromatic N) is 3. The molecule has 2 aliphatic rings. The molecule has 186 valence electrons. The monoisotopic (exact) mass is 485 g/mol. The van der Waals surface area contributed by atoms with E-state index in [4.69, 9.17) is 14.3 Å². The van der Waals surface area contributed by atoms with Crippen LogP contribution in [-0.4, -0.2) is 67.9 Å². The average Bonchev–Trinajstić information content (AvgIpc) is 3.44. The Morgan fingerprint density at radius 2 is 1.47 bits per heavy atom.